The SMILES string of the molecule is N#Cc1ccc(NCCc2cccc3cccnc23)cc1. The average Bonchev–Trinajstić information content (AvgIpc) is 2.56. The van der Waals surface area contributed by atoms with Crippen LogP contribution in [-0.2, 0) is 6.42 Å². The molecule has 3 nitrogen and oxygen atoms in total. The summed E-state index contributed by atoms with van der Waals surface area (Å²) in [5.41, 5.74) is 4.02. The van der Waals surface area contributed by atoms with E-state index in [1.807, 2.05) is 36.5 Å². The molecule has 0 aliphatic rings. The van der Waals surface area contributed by atoms with Crippen molar-refractivity contribution in [2.75, 3.05) is 11.9 Å². The molecular weight excluding hydrogens is 258 g/mol. The molecule has 3 heteroatoms. The fourth-order valence-electron chi connectivity index (χ4n) is 2.37. The highest BCUT2D eigenvalue weighted by Gasteiger charge is 2.01. The Balaban J connectivity index is 1.68. The van der Waals surface area contributed by atoms with Crippen LogP contribution in [0.1, 0.15) is 11.1 Å². The van der Waals surface area contributed by atoms with Gasteiger partial charge in [0.2, 0.25) is 0 Å². The Morgan fingerprint density at radius 1 is 1.00 bits per heavy atom. The number of para-hydroxylation sites is 1. The van der Waals surface area contributed by atoms with E-state index < -0.39 is 0 Å². The number of hydrogen-bond donors (Lipinski definition) is 1. The molecule has 1 heterocycles. The maximum absolute atomic E-state index is 8.78. The van der Waals surface area contributed by atoms with E-state index >= 15 is 0 Å². The summed E-state index contributed by atoms with van der Waals surface area (Å²) in [7, 11) is 0. The van der Waals surface area contributed by atoms with Gasteiger partial charge in [-0.15, -0.1) is 0 Å². The molecule has 1 aromatic heterocycles. The normalized spacial score (nSPS) is 10.2. The van der Waals surface area contributed by atoms with Crippen molar-refractivity contribution in [3.63, 3.8) is 0 Å². The first-order valence-corrected chi connectivity index (χ1v) is 6.93. The van der Waals surface area contributed by atoms with Gasteiger partial charge in [0.15, 0.2) is 0 Å². The lowest BCUT2D eigenvalue weighted by molar-refractivity contribution is 1.02. The van der Waals surface area contributed by atoms with Crippen molar-refractivity contribution in [2.45, 2.75) is 6.42 Å². The van der Waals surface area contributed by atoms with Gasteiger partial charge in [-0.3, -0.25) is 4.98 Å². The summed E-state index contributed by atoms with van der Waals surface area (Å²) in [6.45, 7) is 0.835. The van der Waals surface area contributed by atoms with Crippen molar-refractivity contribution >= 4 is 16.6 Å². The van der Waals surface area contributed by atoms with Gasteiger partial charge in [-0.25, -0.2) is 0 Å². The van der Waals surface area contributed by atoms with Gasteiger partial charge in [-0.2, -0.15) is 5.26 Å². The third-order valence-electron chi connectivity index (χ3n) is 3.45. The van der Waals surface area contributed by atoms with Crippen LogP contribution < -0.4 is 5.32 Å². The molecule has 0 bridgehead atoms. The predicted octanol–water partition coefficient (Wildman–Crippen LogP) is 3.76. The van der Waals surface area contributed by atoms with Crippen LogP contribution in [0.15, 0.2) is 60.8 Å². The molecule has 3 rings (SSSR count). The molecule has 2 aromatic carbocycles. The number of aromatic nitrogens is 1. The van der Waals surface area contributed by atoms with Gasteiger partial charge < -0.3 is 5.32 Å². The van der Waals surface area contributed by atoms with Crippen molar-refractivity contribution in [2.24, 2.45) is 0 Å². The van der Waals surface area contributed by atoms with Gasteiger partial charge in [0.05, 0.1) is 17.1 Å². The second kappa shape index (κ2) is 6.06. The molecule has 0 amide bonds. The van der Waals surface area contributed by atoms with Gasteiger partial charge in [0, 0.05) is 23.8 Å². The largest absolute Gasteiger partial charge is 0.385 e. The van der Waals surface area contributed by atoms with Gasteiger partial charge >= 0.3 is 0 Å². The Labute approximate surface area is 123 Å². The minimum absolute atomic E-state index is 0.679. The minimum Gasteiger partial charge on any atom is -0.385 e. The molecular formula is C18H15N3. The number of nitrogens with one attached hydrogen (secondary N) is 1. The minimum atomic E-state index is 0.679. The fourth-order valence-corrected chi connectivity index (χ4v) is 2.37. The summed E-state index contributed by atoms with van der Waals surface area (Å²) in [6.07, 6.45) is 2.74. The molecule has 0 saturated carbocycles. The third-order valence-corrected chi connectivity index (χ3v) is 3.45. The zero-order valence-electron chi connectivity index (χ0n) is 11.6. The van der Waals surface area contributed by atoms with E-state index in [2.05, 4.69) is 40.6 Å². The molecule has 0 spiro atoms. The maximum Gasteiger partial charge on any atom is 0.0991 e. The first-order chi connectivity index (χ1) is 10.4. The Hall–Kier alpha value is -2.86. The van der Waals surface area contributed by atoms with Crippen molar-refractivity contribution in [3.8, 4) is 6.07 Å². The summed E-state index contributed by atoms with van der Waals surface area (Å²) in [5.74, 6) is 0. The molecule has 1 N–H and O–H groups in total. The quantitative estimate of drug-likeness (QED) is 0.787. The second-order valence-corrected chi connectivity index (χ2v) is 4.86. The van der Waals surface area contributed by atoms with Crippen LogP contribution in [0.4, 0.5) is 5.69 Å². The monoisotopic (exact) mass is 273 g/mol. The van der Waals surface area contributed by atoms with Crippen LogP contribution >= 0.6 is 0 Å². The number of rotatable bonds is 4. The van der Waals surface area contributed by atoms with Crippen molar-refractivity contribution in [1.82, 2.24) is 4.98 Å². The van der Waals surface area contributed by atoms with Gasteiger partial charge in [-0.05, 0) is 42.3 Å². The third kappa shape index (κ3) is 3.01. The van der Waals surface area contributed by atoms with Crippen molar-refractivity contribution < 1.29 is 0 Å². The van der Waals surface area contributed by atoms with E-state index in [-0.39, 0.29) is 0 Å². The molecule has 102 valence electrons. The average molecular weight is 273 g/mol. The van der Waals surface area contributed by atoms with Crippen LogP contribution in [0.3, 0.4) is 0 Å². The van der Waals surface area contributed by atoms with E-state index in [1.165, 1.54) is 10.9 Å². The molecule has 0 atom stereocenters. The number of anilines is 1. The van der Waals surface area contributed by atoms with Crippen LogP contribution in [-0.4, -0.2) is 11.5 Å². The number of hydrogen-bond acceptors (Lipinski definition) is 3. The first kappa shape index (κ1) is 13.1. The summed E-state index contributed by atoms with van der Waals surface area (Å²) in [5, 5.41) is 13.3. The Kier molecular flexibility index (Phi) is 3.79. The van der Waals surface area contributed by atoms with Crippen LogP contribution in [0, 0.1) is 11.3 Å². The number of nitriles is 1. The van der Waals surface area contributed by atoms with E-state index in [4.69, 9.17) is 5.26 Å². The van der Waals surface area contributed by atoms with E-state index in [1.54, 1.807) is 0 Å². The lowest BCUT2D eigenvalue weighted by Crippen LogP contribution is -2.05. The molecule has 0 saturated heterocycles. The number of pyridine rings is 1. The molecule has 0 aliphatic heterocycles. The van der Waals surface area contributed by atoms with Crippen molar-refractivity contribution in [3.05, 3.63) is 71.9 Å². The summed E-state index contributed by atoms with van der Waals surface area (Å²) < 4.78 is 0. The maximum atomic E-state index is 8.78. The van der Waals surface area contributed by atoms with E-state index in [0.29, 0.717) is 5.56 Å². The smallest absolute Gasteiger partial charge is 0.0991 e. The molecule has 0 aliphatic carbocycles. The number of nitrogens with zero attached hydrogens (tertiary/aromatic N) is 2. The van der Waals surface area contributed by atoms with Gasteiger partial charge in [-0.1, -0.05) is 24.3 Å². The molecule has 21 heavy (non-hydrogen) atoms. The highest BCUT2D eigenvalue weighted by molar-refractivity contribution is 5.81. The number of fused-ring (bicyclic) bond motifs is 1. The standard InChI is InChI=1S/C18H15N3/c19-13-14-6-8-17(9-7-14)20-12-10-16-4-1-3-15-5-2-11-21-18(15)16/h1-9,11,20H,10,12H2. The Bertz CT molecular complexity index is 780. The topological polar surface area (TPSA) is 48.7 Å². The van der Waals surface area contributed by atoms with E-state index in [9.17, 15) is 0 Å². The Morgan fingerprint density at radius 3 is 2.62 bits per heavy atom. The van der Waals surface area contributed by atoms with Gasteiger partial charge in [0.1, 0.15) is 0 Å². The molecule has 0 fully saturated rings. The fraction of sp³-hybridized carbons (Fsp3) is 0.111. The molecule has 3 aromatic rings. The summed E-state index contributed by atoms with van der Waals surface area (Å²) in [4.78, 5) is 4.47. The van der Waals surface area contributed by atoms with Crippen LogP contribution in [0.5, 0.6) is 0 Å². The molecule has 0 radical (unpaired) electrons. The summed E-state index contributed by atoms with van der Waals surface area (Å²) in [6, 6.07) is 19.9. The lowest BCUT2D eigenvalue weighted by atomic mass is 10.1. The Morgan fingerprint density at radius 2 is 1.81 bits per heavy atom. The lowest BCUT2D eigenvalue weighted by Gasteiger charge is -2.08. The van der Waals surface area contributed by atoms with Crippen molar-refractivity contribution in [1.29, 1.82) is 5.26 Å². The summed E-state index contributed by atoms with van der Waals surface area (Å²) >= 11 is 0. The highest BCUT2D eigenvalue weighted by Crippen LogP contribution is 2.16. The second-order valence-electron chi connectivity index (χ2n) is 4.86. The first-order valence-electron chi connectivity index (χ1n) is 6.93. The van der Waals surface area contributed by atoms with Gasteiger partial charge in [0.25, 0.3) is 0 Å². The van der Waals surface area contributed by atoms with Crippen LogP contribution in [0.2, 0.25) is 0 Å². The van der Waals surface area contributed by atoms with Crippen LogP contribution in [0.25, 0.3) is 10.9 Å². The number of benzene rings is 2. The highest BCUT2D eigenvalue weighted by atomic mass is 14.9. The predicted molar refractivity (Wildman–Crippen MR) is 85.1 cm³/mol. The van der Waals surface area contributed by atoms with E-state index in [0.717, 1.165) is 24.2 Å². The zero-order valence-corrected chi connectivity index (χ0v) is 11.6. The molecule has 0 unspecified atom stereocenters. The zero-order chi connectivity index (χ0) is 14.5.